The van der Waals surface area contributed by atoms with Gasteiger partial charge in [-0.25, -0.2) is 0 Å². The highest BCUT2D eigenvalue weighted by molar-refractivity contribution is 5.44. The highest BCUT2D eigenvalue weighted by atomic mass is 16.5. The maximum absolute atomic E-state index is 5.91. The molecule has 3 aliphatic rings. The Morgan fingerprint density at radius 2 is 1.91 bits per heavy atom. The van der Waals surface area contributed by atoms with Gasteiger partial charge < -0.3 is 15.0 Å². The van der Waals surface area contributed by atoms with E-state index in [1.165, 1.54) is 24.9 Å². The highest BCUT2D eigenvalue weighted by Crippen LogP contribution is 2.52. The highest BCUT2D eigenvalue weighted by Gasteiger charge is 2.59. The van der Waals surface area contributed by atoms with E-state index in [9.17, 15) is 0 Å². The predicted molar refractivity (Wildman–Crippen MR) is 88.0 cm³/mol. The van der Waals surface area contributed by atoms with Crippen LogP contribution in [0.3, 0.4) is 0 Å². The van der Waals surface area contributed by atoms with Crippen LogP contribution in [-0.4, -0.2) is 42.9 Å². The van der Waals surface area contributed by atoms with E-state index in [0.29, 0.717) is 23.6 Å². The maximum atomic E-state index is 5.91. The summed E-state index contributed by atoms with van der Waals surface area (Å²) in [7, 11) is 0. The zero-order valence-corrected chi connectivity index (χ0v) is 13.7. The number of nitrogens with one attached hydrogen (secondary N) is 1. The molecule has 3 atom stereocenters. The largest absolute Gasteiger partial charge is 0.377 e. The van der Waals surface area contributed by atoms with E-state index < -0.39 is 0 Å². The minimum atomic E-state index is 0.295. The molecule has 0 spiro atoms. The van der Waals surface area contributed by atoms with Crippen LogP contribution in [0.4, 0.5) is 5.69 Å². The maximum Gasteiger partial charge on any atom is 0.0685 e. The number of piperidine rings is 1. The van der Waals surface area contributed by atoms with Crippen molar-refractivity contribution in [1.29, 1.82) is 0 Å². The number of hydrogen-bond donors (Lipinski definition) is 1. The van der Waals surface area contributed by atoms with Gasteiger partial charge in [0.05, 0.1) is 6.10 Å². The Morgan fingerprint density at radius 3 is 2.64 bits per heavy atom. The van der Waals surface area contributed by atoms with Crippen LogP contribution in [0.2, 0.25) is 0 Å². The Hall–Kier alpha value is -1.13. The lowest BCUT2D eigenvalue weighted by atomic mass is 9.57. The summed E-state index contributed by atoms with van der Waals surface area (Å²) in [6.07, 6.45) is 7.96. The van der Waals surface area contributed by atoms with Gasteiger partial charge in [0.1, 0.15) is 0 Å². The van der Waals surface area contributed by atoms with Crippen LogP contribution >= 0.6 is 0 Å². The summed E-state index contributed by atoms with van der Waals surface area (Å²) in [5, 5.41) is 3.97. The van der Waals surface area contributed by atoms with Crippen LogP contribution in [0.1, 0.15) is 33.1 Å². The second kappa shape index (κ2) is 5.50. The molecule has 0 radical (unpaired) electrons. The summed E-state index contributed by atoms with van der Waals surface area (Å²) >= 11 is 0. The average Bonchev–Trinajstić information content (AvgIpc) is 3.01. The summed E-state index contributed by atoms with van der Waals surface area (Å²) in [6.45, 7) is 7.96. The van der Waals surface area contributed by atoms with Gasteiger partial charge in [0.25, 0.3) is 0 Å². The van der Waals surface area contributed by atoms with Gasteiger partial charge in [0.2, 0.25) is 0 Å². The first kappa shape index (κ1) is 14.5. The van der Waals surface area contributed by atoms with Crippen LogP contribution in [-0.2, 0) is 4.74 Å². The van der Waals surface area contributed by atoms with Crippen molar-refractivity contribution < 1.29 is 4.74 Å². The third kappa shape index (κ3) is 2.33. The van der Waals surface area contributed by atoms with Gasteiger partial charge in [-0.1, -0.05) is 13.8 Å². The second-order valence-electron chi connectivity index (χ2n) is 7.68. The predicted octanol–water partition coefficient (Wildman–Crippen LogP) is 2.45. The topological polar surface area (TPSA) is 37.4 Å². The second-order valence-corrected chi connectivity index (χ2v) is 7.68. The van der Waals surface area contributed by atoms with Crippen molar-refractivity contribution in [3.8, 4) is 0 Å². The van der Waals surface area contributed by atoms with Crippen LogP contribution in [0.25, 0.3) is 0 Å². The molecular weight excluding hydrogens is 274 g/mol. The number of rotatable bonds is 3. The van der Waals surface area contributed by atoms with Crippen molar-refractivity contribution in [3.63, 3.8) is 0 Å². The first-order valence-corrected chi connectivity index (χ1v) is 8.69. The van der Waals surface area contributed by atoms with Crippen molar-refractivity contribution in [2.24, 2.45) is 11.3 Å². The molecular formula is C18H27N3O. The molecule has 4 heteroatoms. The first-order chi connectivity index (χ1) is 10.7. The fourth-order valence-electron chi connectivity index (χ4n) is 4.78. The lowest BCUT2D eigenvalue weighted by Gasteiger charge is -2.56. The number of nitrogens with zero attached hydrogens (tertiary/aromatic N) is 2. The number of fused-ring (bicyclic) bond motifs is 1. The van der Waals surface area contributed by atoms with E-state index in [1.54, 1.807) is 0 Å². The summed E-state index contributed by atoms with van der Waals surface area (Å²) in [6, 6.07) is 5.52. The molecule has 4 nitrogen and oxygen atoms in total. The molecule has 0 amide bonds. The Labute approximate surface area is 133 Å². The number of anilines is 1. The normalized spacial score (nSPS) is 34.3. The zero-order chi connectivity index (χ0) is 15.2. The van der Waals surface area contributed by atoms with Crippen molar-refractivity contribution in [2.75, 3.05) is 24.6 Å². The smallest absolute Gasteiger partial charge is 0.0685 e. The van der Waals surface area contributed by atoms with Crippen LogP contribution in [0.15, 0.2) is 24.5 Å². The number of pyridine rings is 1. The molecule has 1 N–H and O–H groups in total. The van der Waals surface area contributed by atoms with E-state index in [-0.39, 0.29) is 0 Å². The molecule has 3 heterocycles. The van der Waals surface area contributed by atoms with E-state index >= 15 is 0 Å². The molecule has 2 aliphatic heterocycles. The van der Waals surface area contributed by atoms with Crippen molar-refractivity contribution in [3.05, 3.63) is 24.5 Å². The van der Waals surface area contributed by atoms with Gasteiger partial charge in [-0.3, -0.25) is 4.98 Å². The molecule has 120 valence electrons. The number of hydrogen-bond acceptors (Lipinski definition) is 4. The SMILES string of the molecule is CC1(C)C(NC2CCN(c3ccncc3)CC2)C2CCOC21. The van der Waals surface area contributed by atoms with Crippen molar-refractivity contribution in [2.45, 2.75) is 51.3 Å². The van der Waals surface area contributed by atoms with Gasteiger partial charge in [-0.2, -0.15) is 0 Å². The van der Waals surface area contributed by atoms with Crippen LogP contribution in [0, 0.1) is 11.3 Å². The van der Waals surface area contributed by atoms with Gasteiger partial charge in [-0.15, -0.1) is 0 Å². The molecule has 0 aromatic carbocycles. The minimum absolute atomic E-state index is 0.295. The molecule has 2 saturated heterocycles. The Bertz CT molecular complexity index is 510. The molecule has 3 fully saturated rings. The van der Waals surface area contributed by atoms with E-state index in [0.717, 1.165) is 25.6 Å². The molecule has 1 aromatic heterocycles. The van der Waals surface area contributed by atoms with Crippen molar-refractivity contribution >= 4 is 5.69 Å². The number of ether oxygens (including phenoxy) is 1. The zero-order valence-electron chi connectivity index (χ0n) is 13.7. The molecule has 1 aromatic rings. The minimum Gasteiger partial charge on any atom is -0.377 e. The quantitative estimate of drug-likeness (QED) is 0.930. The fourth-order valence-corrected chi connectivity index (χ4v) is 4.78. The van der Waals surface area contributed by atoms with Gasteiger partial charge in [-0.05, 0) is 31.4 Å². The lowest BCUT2D eigenvalue weighted by molar-refractivity contribution is -0.116. The summed E-state index contributed by atoms with van der Waals surface area (Å²) in [4.78, 5) is 6.59. The molecule has 22 heavy (non-hydrogen) atoms. The standard InChI is InChI=1S/C18H27N3O/c1-18(2)16(15-7-12-22-17(15)18)20-13-5-10-21(11-6-13)14-3-8-19-9-4-14/h3-4,8-9,13,15-17,20H,5-7,10-12H2,1-2H3. The molecule has 0 bridgehead atoms. The monoisotopic (exact) mass is 301 g/mol. The Kier molecular flexibility index (Phi) is 3.61. The van der Waals surface area contributed by atoms with Crippen molar-refractivity contribution in [1.82, 2.24) is 10.3 Å². The summed E-state index contributed by atoms with van der Waals surface area (Å²) in [5.41, 5.74) is 1.60. The molecule has 1 aliphatic carbocycles. The Morgan fingerprint density at radius 1 is 1.18 bits per heavy atom. The van der Waals surface area contributed by atoms with Crippen LogP contribution in [0.5, 0.6) is 0 Å². The average molecular weight is 301 g/mol. The summed E-state index contributed by atoms with van der Waals surface area (Å²) in [5.74, 6) is 0.744. The third-order valence-electron chi connectivity index (χ3n) is 6.04. The van der Waals surface area contributed by atoms with E-state index in [4.69, 9.17) is 4.74 Å². The fraction of sp³-hybridized carbons (Fsp3) is 0.722. The molecule has 3 unspecified atom stereocenters. The third-order valence-corrected chi connectivity index (χ3v) is 6.04. The van der Waals surface area contributed by atoms with Gasteiger partial charge in [0.15, 0.2) is 0 Å². The van der Waals surface area contributed by atoms with Crippen LogP contribution < -0.4 is 10.2 Å². The number of aromatic nitrogens is 1. The van der Waals surface area contributed by atoms with Gasteiger partial charge >= 0.3 is 0 Å². The molecule has 4 rings (SSSR count). The van der Waals surface area contributed by atoms with Gasteiger partial charge in [0, 0.05) is 61.2 Å². The first-order valence-electron chi connectivity index (χ1n) is 8.69. The lowest BCUT2D eigenvalue weighted by Crippen LogP contribution is -2.67. The van der Waals surface area contributed by atoms with E-state index in [2.05, 4.69) is 41.2 Å². The van der Waals surface area contributed by atoms with E-state index in [1.807, 2.05) is 12.4 Å². The molecule has 1 saturated carbocycles. The Balaban J connectivity index is 1.33. The summed E-state index contributed by atoms with van der Waals surface area (Å²) < 4.78 is 5.91.